The molecule has 0 saturated carbocycles. The zero-order valence-corrected chi connectivity index (χ0v) is 10.8. The van der Waals surface area contributed by atoms with E-state index in [2.05, 4.69) is 15.3 Å². The second-order valence-corrected chi connectivity index (χ2v) is 4.48. The van der Waals surface area contributed by atoms with E-state index in [-0.39, 0.29) is 12.4 Å². The molecule has 2 rings (SSSR count). The maximum Gasteiger partial charge on any atom is 0.129 e. The van der Waals surface area contributed by atoms with Crippen molar-refractivity contribution in [3.05, 3.63) is 23.3 Å². The van der Waals surface area contributed by atoms with Crippen LogP contribution in [0.5, 0.6) is 0 Å². The first-order valence-corrected chi connectivity index (χ1v) is 5.76. The summed E-state index contributed by atoms with van der Waals surface area (Å²) in [5.74, 6) is 1.74. The molecule has 16 heavy (non-hydrogen) atoms. The second kappa shape index (κ2) is 6.16. The van der Waals surface area contributed by atoms with Gasteiger partial charge in [-0.3, -0.25) is 0 Å². The van der Waals surface area contributed by atoms with Crippen molar-refractivity contribution in [2.24, 2.45) is 5.92 Å². The second-order valence-electron chi connectivity index (χ2n) is 4.48. The summed E-state index contributed by atoms with van der Waals surface area (Å²) < 4.78 is 0. The van der Waals surface area contributed by atoms with Gasteiger partial charge in [-0.15, -0.1) is 12.4 Å². The van der Waals surface area contributed by atoms with Gasteiger partial charge in [-0.1, -0.05) is 0 Å². The van der Waals surface area contributed by atoms with Crippen molar-refractivity contribution in [3.8, 4) is 0 Å². The lowest BCUT2D eigenvalue weighted by molar-refractivity contribution is 0.370. The number of nitrogens with zero attached hydrogens (tertiary/aromatic N) is 2. The molecule has 1 unspecified atom stereocenters. The zero-order chi connectivity index (χ0) is 10.7. The highest BCUT2D eigenvalue weighted by Gasteiger charge is 2.14. The molecule has 0 aromatic carbocycles. The highest BCUT2D eigenvalue weighted by atomic mass is 35.5. The van der Waals surface area contributed by atoms with Gasteiger partial charge in [0.05, 0.1) is 0 Å². The van der Waals surface area contributed by atoms with Crippen molar-refractivity contribution in [3.63, 3.8) is 0 Å². The number of rotatable bonds is 2. The number of nitrogens with one attached hydrogen (secondary N) is 1. The predicted octanol–water partition coefficient (Wildman–Crippen LogP) is 2.06. The average Bonchev–Trinajstić information content (AvgIpc) is 2.17. The first kappa shape index (κ1) is 13.4. The highest BCUT2D eigenvalue weighted by Crippen LogP contribution is 2.14. The van der Waals surface area contributed by atoms with E-state index in [1.807, 2.05) is 19.9 Å². The molecule has 0 spiro atoms. The van der Waals surface area contributed by atoms with Gasteiger partial charge in [-0.2, -0.15) is 0 Å². The van der Waals surface area contributed by atoms with Crippen LogP contribution in [0, 0.1) is 19.8 Å². The van der Waals surface area contributed by atoms with Crippen LogP contribution in [0.2, 0.25) is 0 Å². The number of aromatic nitrogens is 2. The molecule has 1 atom stereocenters. The number of hydrogen-bond acceptors (Lipinski definition) is 3. The monoisotopic (exact) mass is 241 g/mol. The van der Waals surface area contributed by atoms with Crippen molar-refractivity contribution in [2.75, 3.05) is 13.1 Å². The molecule has 90 valence electrons. The highest BCUT2D eigenvalue weighted by molar-refractivity contribution is 5.85. The molecule has 0 radical (unpaired) electrons. The summed E-state index contributed by atoms with van der Waals surface area (Å²) in [5.41, 5.74) is 2.17. The fourth-order valence-corrected chi connectivity index (χ4v) is 2.25. The van der Waals surface area contributed by atoms with Gasteiger partial charge in [0.2, 0.25) is 0 Å². The van der Waals surface area contributed by atoms with E-state index in [1.54, 1.807) is 0 Å². The first-order valence-electron chi connectivity index (χ1n) is 5.76. The Morgan fingerprint density at radius 3 is 2.56 bits per heavy atom. The summed E-state index contributed by atoms with van der Waals surface area (Å²) in [6, 6.07) is 2.03. The van der Waals surface area contributed by atoms with Crippen molar-refractivity contribution < 1.29 is 0 Å². The average molecular weight is 242 g/mol. The minimum Gasteiger partial charge on any atom is -0.316 e. The molecule has 1 aliphatic heterocycles. The van der Waals surface area contributed by atoms with Crippen LogP contribution in [-0.2, 0) is 6.42 Å². The van der Waals surface area contributed by atoms with Crippen LogP contribution in [-0.4, -0.2) is 23.1 Å². The number of piperidine rings is 1. The van der Waals surface area contributed by atoms with Crippen LogP contribution < -0.4 is 5.32 Å². The van der Waals surface area contributed by atoms with Crippen LogP contribution in [0.15, 0.2) is 6.07 Å². The van der Waals surface area contributed by atoms with Gasteiger partial charge in [-0.05, 0) is 51.8 Å². The zero-order valence-electron chi connectivity index (χ0n) is 9.99. The van der Waals surface area contributed by atoms with Crippen molar-refractivity contribution in [1.82, 2.24) is 15.3 Å². The molecule has 0 amide bonds. The molecule has 2 heterocycles. The maximum absolute atomic E-state index is 4.49. The molecule has 1 aromatic rings. The van der Waals surface area contributed by atoms with Crippen LogP contribution in [0.25, 0.3) is 0 Å². The van der Waals surface area contributed by atoms with Gasteiger partial charge in [0.1, 0.15) is 5.82 Å². The summed E-state index contributed by atoms with van der Waals surface area (Å²) in [7, 11) is 0. The summed E-state index contributed by atoms with van der Waals surface area (Å²) in [5, 5.41) is 3.43. The summed E-state index contributed by atoms with van der Waals surface area (Å²) >= 11 is 0. The summed E-state index contributed by atoms with van der Waals surface area (Å²) in [6.45, 7) is 6.37. The van der Waals surface area contributed by atoms with Gasteiger partial charge in [0, 0.05) is 17.8 Å². The Morgan fingerprint density at radius 1 is 1.31 bits per heavy atom. The first-order chi connectivity index (χ1) is 7.24. The molecule has 1 aliphatic rings. The van der Waals surface area contributed by atoms with E-state index >= 15 is 0 Å². The van der Waals surface area contributed by atoms with E-state index in [0.29, 0.717) is 0 Å². The Bertz CT molecular complexity index is 315. The number of aryl methyl sites for hydroxylation is 2. The summed E-state index contributed by atoms with van der Waals surface area (Å²) in [4.78, 5) is 8.98. The molecular formula is C12H20ClN3. The Morgan fingerprint density at radius 2 is 2.00 bits per heavy atom. The quantitative estimate of drug-likeness (QED) is 0.862. The van der Waals surface area contributed by atoms with Gasteiger partial charge in [0.25, 0.3) is 0 Å². The largest absolute Gasteiger partial charge is 0.316 e. The van der Waals surface area contributed by atoms with Gasteiger partial charge >= 0.3 is 0 Å². The van der Waals surface area contributed by atoms with Crippen LogP contribution in [0.4, 0.5) is 0 Å². The van der Waals surface area contributed by atoms with Crippen LogP contribution in [0.1, 0.15) is 30.1 Å². The van der Waals surface area contributed by atoms with Gasteiger partial charge in [-0.25, -0.2) is 9.97 Å². The molecule has 1 N–H and O–H groups in total. The van der Waals surface area contributed by atoms with E-state index < -0.39 is 0 Å². The van der Waals surface area contributed by atoms with Gasteiger partial charge < -0.3 is 5.32 Å². The molecule has 3 nitrogen and oxygen atoms in total. The topological polar surface area (TPSA) is 37.8 Å². The lowest BCUT2D eigenvalue weighted by Gasteiger charge is -2.22. The van der Waals surface area contributed by atoms with E-state index in [1.165, 1.54) is 19.4 Å². The molecule has 4 heteroatoms. The molecule has 1 saturated heterocycles. The third-order valence-corrected chi connectivity index (χ3v) is 2.90. The Kier molecular flexibility index (Phi) is 5.16. The smallest absolute Gasteiger partial charge is 0.129 e. The van der Waals surface area contributed by atoms with Crippen LogP contribution >= 0.6 is 12.4 Å². The van der Waals surface area contributed by atoms with Gasteiger partial charge in [0.15, 0.2) is 0 Å². The van der Waals surface area contributed by atoms with Crippen LogP contribution in [0.3, 0.4) is 0 Å². The lowest BCUT2D eigenvalue weighted by atomic mass is 9.96. The molecule has 1 aromatic heterocycles. The van der Waals surface area contributed by atoms with E-state index in [4.69, 9.17) is 0 Å². The molecule has 0 aliphatic carbocycles. The molecular weight excluding hydrogens is 222 g/mol. The molecule has 0 bridgehead atoms. The predicted molar refractivity (Wildman–Crippen MR) is 68.1 cm³/mol. The third-order valence-electron chi connectivity index (χ3n) is 2.90. The fourth-order valence-electron chi connectivity index (χ4n) is 2.25. The third kappa shape index (κ3) is 3.72. The fraction of sp³-hybridized carbons (Fsp3) is 0.667. The Balaban J connectivity index is 0.00000128. The Labute approximate surface area is 103 Å². The minimum absolute atomic E-state index is 0. The Hall–Kier alpha value is -0.670. The van der Waals surface area contributed by atoms with Crippen molar-refractivity contribution >= 4 is 12.4 Å². The minimum atomic E-state index is 0. The standard InChI is InChI=1S/C12H19N3.ClH/c1-9-6-10(2)15-12(14-9)7-11-4-3-5-13-8-11;/h6,11,13H,3-5,7-8H2,1-2H3;1H. The number of halogens is 1. The summed E-state index contributed by atoms with van der Waals surface area (Å²) in [6.07, 6.45) is 3.62. The van der Waals surface area contributed by atoms with E-state index in [9.17, 15) is 0 Å². The number of hydrogen-bond donors (Lipinski definition) is 1. The van der Waals surface area contributed by atoms with E-state index in [0.717, 1.165) is 36.1 Å². The molecule has 1 fully saturated rings. The lowest BCUT2D eigenvalue weighted by Crippen LogP contribution is -2.31. The van der Waals surface area contributed by atoms with Crippen molar-refractivity contribution in [2.45, 2.75) is 33.1 Å². The normalized spacial score (nSPS) is 20.2. The SMILES string of the molecule is Cc1cc(C)nc(CC2CCCNC2)n1.Cl. The maximum atomic E-state index is 4.49. The van der Waals surface area contributed by atoms with Crippen molar-refractivity contribution in [1.29, 1.82) is 0 Å².